The van der Waals surface area contributed by atoms with Crippen molar-refractivity contribution in [2.45, 2.75) is 65.5 Å². The second kappa shape index (κ2) is 8.62. The molecule has 0 bridgehead atoms. The molecule has 0 atom stereocenters. The molecule has 2 heterocycles. The number of pyridine rings is 1. The van der Waals surface area contributed by atoms with Gasteiger partial charge in [0, 0.05) is 18.3 Å². The summed E-state index contributed by atoms with van der Waals surface area (Å²) in [6.45, 7) is 8.88. The number of aromatic nitrogens is 1. The van der Waals surface area contributed by atoms with Crippen molar-refractivity contribution >= 4 is 17.8 Å². The molecule has 1 aliphatic heterocycles. The van der Waals surface area contributed by atoms with Crippen molar-refractivity contribution in [1.29, 1.82) is 0 Å². The Balaban J connectivity index is 1.58. The van der Waals surface area contributed by atoms with Crippen LogP contribution in [0.4, 0.5) is 4.79 Å². The molecule has 2 aliphatic rings. The molecule has 2 N–H and O–H groups in total. The summed E-state index contributed by atoms with van der Waals surface area (Å²) in [7, 11) is 0. The van der Waals surface area contributed by atoms with Crippen LogP contribution in [0.2, 0.25) is 0 Å². The average molecular weight is 417 g/mol. The first-order chi connectivity index (χ1) is 14.2. The zero-order valence-electron chi connectivity index (χ0n) is 18.3. The second-order valence-corrected chi connectivity index (χ2v) is 9.22. The topological polar surface area (TPSA) is 101 Å². The molecule has 1 aliphatic carbocycles. The van der Waals surface area contributed by atoms with Crippen LogP contribution in [0.1, 0.15) is 58.9 Å². The summed E-state index contributed by atoms with van der Waals surface area (Å²) in [5.74, 6) is 0.297. The van der Waals surface area contributed by atoms with Crippen molar-refractivity contribution in [3.63, 3.8) is 0 Å². The van der Waals surface area contributed by atoms with Crippen molar-refractivity contribution in [3.05, 3.63) is 23.9 Å². The highest BCUT2D eigenvalue weighted by molar-refractivity contribution is 6.09. The maximum absolute atomic E-state index is 13.0. The first-order valence-corrected chi connectivity index (χ1v) is 10.6. The molecular weight excluding hydrogens is 384 g/mol. The SMILES string of the molecule is CCOc1ncccc1CNC(=O)CN1C(=O)NC2(CCC(C(C)(C)C)CC2)C1=O. The minimum atomic E-state index is -0.857. The summed E-state index contributed by atoms with van der Waals surface area (Å²) in [6, 6.07) is 3.09. The molecule has 0 radical (unpaired) electrons. The molecular formula is C22H32N4O4. The van der Waals surface area contributed by atoms with E-state index in [2.05, 4.69) is 36.4 Å². The Bertz CT molecular complexity index is 810. The summed E-state index contributed by atoms with van der Waals surface area (Å²) < 4.78 is 5.45. The van der Waals surface area contributed by atoms with E-state index in [1.165, 1.54) is 0 Å². The van der Waals surface area contributed by atoms with Crippen LogP contribution in [0.25, 0.3) is 0 Å². The number of nitrogens with one attached hydrogen (secondary N) is 2. The third-order valence-corrected chi connectivity index (χ3v) is 6.22. The maximum Gasteiger partial charge on any atom is 0.325 e. The lowest BCUT2D eigenvalue weighted by Crippen LogP contribution is -2.51. The van der Waals surface area contributed by atoms with Crippen LogP contribution in [0, 0.1) is 11.3 Å². The summed E-state index contributed by atoms with van der Waals surface area (Å²) >= 11 is 0. The zero-order valence-corrected chi connectivity index (χ0v) is 18.3. The van der Waals surface area contributed by atoms with Gasteiger partial charge in [0.1, 0.15) is 12.1 Å². The van der Waals surface area contributed by atoms with Crippen molar-refractivity contribution in [1.82, 2.24) is 20.5 Å². The van der Waals surface area contributed by atoms with Crippen LogP contribution < -0.4 is 15.4 Å². The van der Waals surface area contributed by atoms with Gasteiger partial charge in [0.15, 0.2) is 0 Å². The molecule has 30 heavy (non-hydrogen) atoms. The Morgan fingerprint density at radius 2 is 2.03 bits per heavy atom. The van der Waals surface area contributed by atoms with E-state index in [0.29, 0.717) is 31.2 Å². The number of amides is 4. The predicted octanol–water partition coefficient (Wildman–Crippen LogP) is 2.62. The number of nitrogens with zero attached hydrogens (tertiary/aromatic N) is 2. The minimum absolute atomic E-state index is 0.180. The summed E-state index contributed by atoms with van der Waals surface area (Å²) in [5.41, 5.74) is 0.0613. The van der Waals surface area contributed by atoms with E-state index in [4.69, 9.17) is 4.74 Å². The fraction of sp³-hybridized carbons (Fsp3) is 0.636. The molecule has 1 saturated heterocycles. The lowest BCUT2D eigenvalue weighted by molar-refractivity contribution is -0.136. The molecule has 1 aromatic heterocycles. The van der Waals surface area contributed by atoms with E-state index >= 15 is 0 Å². The molecule has 8 nitrogen and oxygen atoms in total. The molecule has 8 heteroatoms. The Morgan fingerprint density at radius 1 is 1.33 bits per heavy atom. The summed E-state index contributed by atoms with van der Waals surface area (Å²) in [4.78, 5) is 43.1. The molecule has 4 amide bonds. The van der Waals surface area contributed by atoms with E-state index in [0.717, 1.165) is 23.3 Å². The third-order valence-electron chi connectivity index (χ3n) is 6.22. The fourth-order valence-corrected chi connectivity index (χ4v) is 4.35. The average Bonchev–Trinajstić information content (AvgIpc) is 2.91. The highest BCUT2D eigenvalue weighted by Gasteiger charge is 2.53. The molecule has 1 saturated carbocycles. The van der Waals surface area contributed by atoms with Crippen molar-refractivity contribution in [3.8, 4) is 5.88 Å². The van der Waals surface area contributed by atoms with Crippen molar-refractivity contribution in [2.75, 3.05) is 13.2 Å². The van der Waals surface area contributed by atoms with Gasteiger partial charge in [-0.25, -0.2) is 9.78 Å². The van der Waals surface area contributed by atoms with E-state index < -0.39 is 17.5 Å². The van der Waals surface area contributed by atoms with E-state index in [1.54, 1.807) is 12.3 Å². The monoisotopic (exact) mass is 416 g/mol. The van der Waals surface area contributed by atoms with Gasteiger partial charge in [-0.15, -0.1) is 0 Å². The van der Waals surface area contributed by atoms with Crippen LogP contribution in [0.5, 0.6) is 5.88 Å². The largest absolute Gasteiger partial charge is 0.478 e. The summed E-state index contributed by atoms with van der Waals surface area (Å²) in [5, 5.41) is 5.62. The van der Waals surface area contributed by atoms with E-state index in [9.17, 15) is 14.4 Å². The number of carbonyl (C=O) groups excluding carboxylic acids is 3. The molecule has 1 aromatic rings. The molecule has 2 fully saturated rings. The van der Waals surface area contributed by atoms with Gasteiger partial charge in [-0.05, 0) is 50.0 Å². The molecule has 1 spiro atoms. The lowest BCUT2D eigenvalue weighted by atomic mass is 9.67. The smallest absolute Gasteiger partial charge is 0.325 e. The Morgan fingerprint density at radius 3 is 2.67 bits per heavy atom. The van der Waals surface area contributed by atoms with Gasteiger partial charge in [0.2, 0.25) is 11.8 Å². The molecule has 0 unspecified atom stereocenters. The number of hydrogen-bond donors (Lipinski definition) is 2. The van der Waals surface area contributed by atoms with Crippen LogP contribution in [0.3, 0.4) is 0 Å². The first kappa shape index (κ1) is 22.1. The third kappa shape index (κ3) is 4.57. The van der Waals surface area contributed by atoms with Gasteiger partial charge >= 0.3 is 6.03 Å². The fourth-order valence-electron chi connectivity index (χ4n) is 4.35. The van der Waals surface area contributed by atoms with E-state index in [1.807, 2.05) is 13.0 Å². The highest BCUT2D eigenvalue weighted by atomic mass is 16.5. The van der Waals surface area contributed by atoms with Gasteiger partial charge in [-0.3, -0.25) is 14.5 Å². The van der Waals surface area contributed by atoms with Gasteiger partial charge in [0.05, 0.1) is 6.61 Å². The van der Waals surface area contributed by atoms with Crippen LogP contribution in [-0.2, 0) is 16.1 Å². The number of imide groups is 1. The lowest BCUT2D eigenvalue weighted by Gasteiger charge is -2.40. The van der Waals surface area contributed by atoms with Crippen LogP contribution >= 0.6 is 0 Å². The minimum Gasteiger partial charge on any atom is -0.478 e. The number of rotatable bonds is 6. The summed E-state index contributed by atoms with van der Waals surface area (Å²) in [6.07, 6.45) is 4.63. The molecule has 164 valence electrons. The Hall–Kier alpha value is -2.64. The number of urea groups is 1. The predicted molar refractivity (Wildman–Crippen MR) is 112 cm³/mol. The highest BCUT2D eigenvalue weighted by Crippen LogP contribution is 2.43. The van der Waals surface area contributed by atoms with Gasteiger partial charge in [-0.2, -0.15) is 0 Å². The van der Waals surface area contributed by atoms with Gasteiger partial charge < -0.3 is 15.4 Å². The maximum atomic E-state index is 13.0. The first-order valence-electron chi connectivity index (χ1n) is 10.6. The molecule has 0 aromatic carbocycles. The van der Waals surface area contributed by atoms with Crippen LogP contribution in [-0.4, -0.2) is 46.4 Å². The number of ether oxygens (including phenoxy) is 1. The normalized spacial score (nSPS) is 24.1. The number of hydrogen-bond acceptors (Lipinski definition) is 5. The van der Waals surface area contributed by atoms with Gasteiger partial charge in [0.25, 0.3) is 5.91 Å². The van der Waals surface area contributed by atoms with Gasteiger partial charge in [-0.1, -0.05) is 26.8 Å². The van der Waals surface area contributed by atoms with Crippen molar-refractivity contribution < 1.29 is 19.1 Å². The zero-order chi connectivity index (χ0) is 21.9. The van der Waals surface area contributed by atoms with Crippen molar-refractivity contribution in [2.24, 2.45) is 11.3 Å². The standard InChI is InChI=1S/C22H32N4O4/c1-5-30-18-15(7-6-12-23-18)13-24-17(27)14-26-19(28)22(25-20(26)29)10-8-16(9-11-22)21(2,3)4/h6-7,12,16H,5,8-11,13-14H2,1-4H3,(H,24,27)(H,25,29). The quantitative estimate of drug-likeness (QED) is 0.695. The Kier molecular flexibility index (Phi) is 6.33. The van der Waals surface area contributed by atoms with Crippen LogP contribution in [0.15, 0.2) is 18.3 Å². The number of carbonyl (C=O) groups is 3. The van der Waals surface area contributed by atoms with E-state index in [-0.39, 0.29) is 24.4 Å². The Labute approximate surface area is 177 Å². The second-order valence-electron chi connectivity index (χ2n) is 9.22. The molecule has 3 rings (SSSR count).